The number of carbonyl (C=O) groups is 3. The standard InChI is InChI=1S/C12H11ClN2O3/c13-9-4-2-1-3-8(9)10(16)5-15-6-11(17)14-12(18)7-15/h1-4H,5-7H2,(H,14,17,18). The van der Waals surface area contributed by atoms with Gasteiger partial charge < -0.3 is 0 Å². The van der Waals surface area contributed by atoms with Crippen molar-refractivity contribution in [3.63, 3.8) is 0 Å². The van der Waals surface area contributed by atoms with Gasteiger partial charge in [-0.05, 0) is 12.1 Å². The summed E-state index contributed by atoms with van der Waals surface area (Å²) in [7, 11) is 0. The van der Waals surface area contributed by atoms with Crippen molar-refractivity contribution in [2.45, 2.75) is 0 Å². The van der Waals surface area contributed by atoms with Gasteiger partial charge in [0.1, 0.15) is 0 Å². The highest BCUT2D eigenvalue weighted by molar-refractivity contribution is 6.34. The van der Waals surface area contributed by atoms with Gasteiger partial charge in [0.15, 0.2) is 5.78 Å². The molecular formula is C12H11ClN2O3. The molecule has 0 bridgehead atoms. The number of halogens is 1. The molecule has 0 aliphatic carbocycles. The number of ketones is 1. The maximum atomic E-state index is 12.0. The number of hydrogen-bond donors (Lipinski definition) is 1. The Balaban J connectivity index is 2.06. The van der Waals surface area contributed by atoms with Gasteiger partial charge in [-0.15, -0.1) is 0 Å². The lowest BCUT2D eigenvalue weighted by Gasteiger charge is -2.24. The summed E-state index contributed by atoms with van der Waals surface area (Å²) in [6, 6.07) is 6.70. The van der Waals surface area contributed by atoms with E-state index in [2.05, 4.69) is 5.32 Å². The molecule has 1 aromatic rings. The van der Waals surface area contributed by atoms with Crippen LogP contribution in [0.2, 0.25) is 5.02 Å². The summed E-state index contributed by atoms with van der Waals surface area (Å²) < 4.78 is 0. The Morgan fingerprint density at radius 2 is 1.83 bits per heavy atom. The van der Waals surface area contributed by atoms with Crippen molar-refractivity contribution in [1.82, 2.24) is 10.2 Å². The molecule has 0 unspecified atom stereocenters. The van der Waals surface area contributed by atoms with E-state index in [1.807, 2.05) is 0 Å². The van der Waals surface area contributed by atoms with Crippen LogP contribution in [0, 0.1) is 0 Å². The monoisotopic (exact) mass is 266 g/mol. The maximum absolute atomic E-state index is 12.0. The van der Waals surface area contributed by atoms with E-state index in [1.54, 1.807) is 24.3 Å². The summed E-state index contributed by atoms with van der Waals surface area (Å²) in [6.07, 6.45) is 0. The SMILES string of the molecule is O=C1CN(CC(=O)c2ccccc2Cl)CC(=O)N1. The highest BCUT2D eigenvalue weighted by atomic mass is 35.5. The van der Waals surface area contributed by atoms with Gasteiger partial charge in [0.05, 0.1) is 24.7 Å². The number of nitrogens with zero attached hydrogens (tertiary/aromatic N) is 1. The number of carbonyl (C=O) groups excluding carboxylic acids is 3. The summed E-state index contributed by atoms with van der Waals surface area (Å²) in [6.45, 7) is 0.0900. The maximum Gasteiger partial charge on any atom is 0.240 e. The number of benzene rings is 1. The van der Waals surface area contributed by atoms with E-state index in [1.165, 1.54) is 4.90 Å². The van der Waals surface area contributed by atoms with Crippen molar-refractivity contribution in [3.05, 3.63) is 34.9 Å². The molecule has 0 aromatic heterocycles. The minimum atomic E-state index is -0.391. The zero-order chi connectivity index (χ0) is 13.1. The molecule has 1 aliphatic heterocycles. The molecule has 0 saturated carbocycles. The Kier molecular flexibility index (Phi) is 3.74. The Bertz CT molecular complexity index is 500. The van der Waals surface area contributed by atoms with Gasteiger partial charge in [-0.1, -0.05) is 23.7 Å². The molecule has 18 heavy (non-hydrogen) atoms. The summed E-state index contributed by atoms with van der Waals surface area (Å²) in [5.74, 6) is -0.987. The highest BCUT2D eigenvalue weighted by Gasteiger charge is 2.24. The Morgan fingerprint density at radius 3 is 2.44 bits per heavy atom. The zero-order valence-electron chi connectivity index (χ0n) is 9.48. The van der Waals surface area contributed by atoms with Gasteiger partial charge >= 0.3 is 0 Å². The lowest BCUT2D eigenvalue weighted by Crippen LogP contribution is -2.52. The lowest BCUT2D eigenvalue weighted by molar-refractivity contribution is -0.135. The predicted molar refractivity (Wildman–Crippen MR) is 65.4 cm³/mol. The topological polar surface area (TPSA) is 66.5 Å². The van der Waals surface area contributed by atoms with Crippen LogP contribution < -0.4 is 5.32 Å². The lowest BCUT2D eigenvalue weighted by atomic mass is 10.1. The number of nitrogens with one attached hydrogen (secondary N) is 1. The van der Waals surface area contributed by atoms with Crippen LogP contribution in [0.25, 0.3) is 0 Å². The molecule has 1 heterocycles. The second-order valence-corrected chi connectivity index (χ2v) is 4.43. The number of Topliss-reactive ketones (excluding diaryl/α,β-unsaturated/α-hetero) is 1. The van der Waals surface area contributed by atoms with Crippen molar-refractivity contribution in [2.75, 3.05) is 19.6 Å². The number of piperazine rings is 1. The minimum absolute atomic E-state index is 0.00287. The predicted octanol–water partition coefficient (Wildman–Crippen LogP) is 0.481. The molecule has 1 aromatic carbocycles. The van der Waals surface area contributed by atoms with Crippen LogP contribution >= 0.6 is 11.6 Å². The fraction of sp³-hybridized carbons (Fsp3) is 0.250. The van der Waals surface area contributed by atoms with E-state index in [-0.39, 0.29) is 25.4 Å². The molecule has 94 valence electrons. The van der Waals surface area contributed by atoms with E-state index in [0.717, 1.165) is 0 Å². The minimum Gasteiger partial charge on any atom is -0.294 e. The van der Waals surface area contributed by atoms with E-state index < -0.39 is 11.8 Å². The first-order chi connectivity index (χ1) is 8.56. The Morgan fingerprint density at radius 1 is 1.22 bits per heavy atom. The second-order valence-electron chi connectivity index (χ2n) is 4.02. The molecule has 2 rings (SSSR count). The van der Waals surface area contributed by atoms with Gasteiger partial charge in [-0.3, -0.25) is 24.6 Å². The highest BCUT2D eigenvalue weighted by Crippen LogP contribution is 2.16. The third-order valence-corrected chi connectivity index (χ3v) is 2.88. The Hall–Kier alpha value is -1.72. The molecule has 1 fully saturated rings. The normalized spacial score (nSPS) is 16.5. The van der Waals surface area contributed by atoms with Crippen molar-refractivity contribution in [3.8, 4) is 0 Å². The third kappa shape index (κ3) is 2.94. The number of hydrogen-bond acceptors (Lipinski definition) is 4. The Labute approximate surface area is 109 Å². The average Bonchev–Trinajstić information content (AvgIpc) is 2.27. The van der Waals surface area contributed by atoms with E-state index in [0.29, 0.717) is 10.6 Å². The first-order valence-corrected chi connectivity index (χ1v) is 5.77. The molecule has 5 nitrogen and oxygen atoms in total. The number of rotatable bonds is 3. The van der Waals surface area contributed by atoms with Gasteiger partial charge in [0.2, 0.25) is 11.8 Å². The van der Waals surface area contributed by atoms with Crippen molar-refractivity contribution >= 4 is 29.2 Å². The first-order valence-electron chi connectivity index (χ1n) is 5.39. The summed E-state index contributed by atoms with van der Waals surface area (Å²) >= 11 is 5.91. The molecule has 0 radical (unpaired) electrons. The summed E-state index contributed by atoms with van der Waals surface area (Å²) in [5, 5.41) is 2.55. The van der Waals surface area contributed by atoms with Crippen LogP contribution in [-0.2, 0) is 9.59 Å². The number of imide groups is 1. The molecule has 1 saturated heterocycles. The molecule has 1 N–H and O–H groups in total. The van der Waals surface area contributed by atoms with Crippen molar-refractivity contribution in [1.29, 1.82) is 0 Å². The summed E-state index contributed by atoms with van der Waals surface area (Å²) in [4.78, 5) is 35.8. The van der Waals surface area contributed by atoms with Crippen molar-refractivity contribution < 1.29 is 14.4 Å². The largest absolute Gasteiger partial charge is 0.294 e. The van der Waals surface area contributed by atoms with Crippen LogP contribution in [0.4, 0.5) is 0 Å². The molecule has 2 amide bonds. The van der Waals surface area contributed by atoms with Crippen molar-refractivity contribution in [2.24, 2.45) is 0 Å². The van der Waals surface area contributed by atoms with Gasteiger partial charge in [0, 0.05) is 5.56 Å². The number of amides is 2. The van der Waals surface area contributed by atoms with E-state index in [4.69, 9.17) is 11.6 Å². The fourth-order valence-corrected chi connectivity index (χ4v) is 2.03. The molecular weight excluding hydrogens is 256 g/mol. The van der Waals surface area contributed by atoms with Crippen LogP contribution in [0.3, 0.4) is 0 Å². The van der Waals surface area contributed by atoms with Gasteiger partial charge in [-0.2, -0.15) is 0 Å². The summed E-state index contributed by atoms with van der Waals surface area (Å²) in [5.41, 5.74) is 0.401. The van der Waals surface area contributed by atoms with E-state index in [9.17, 15) is 14.4 Å². The fourth-order valence-electron chi connectivity index (χ4n) is 1.78. The van der Waals surface area contributed by atoms with E-state index >= 15 is 0 Å². The molecule has 0 atom stereocenters. The molecule has 6 heteroatoms. The van der Waals surface area contributed by atoms with Crippen LogP contribution in [0.15, 0.2) is 24.3 Å². The zero-order valence-corrected chi connectivity index (χ0v) is 10.2. The average molecular weight is 267 g/mol. The smallest absolute Gasteiger partial charge is 0.240 e. The second kappa shape index (κ2) is 5.29. The van der Waals surface area contributed by atoms with Crippen LogP contribution in [0.5, 0.6) is 0 Å². The van der Waals surface area contributed by atoms with Crippen LogP contribution in [-0.4, -0.2) is 42.1 Å². The quantitative estimate of drug-likeness (QED) is 0.638. The first kappa shape index (κ1) is 12.7. The molecule has 0 spiro atoms. The van der Waals surface area contributed by atoms with Crippen LogP contribution in [0.1, 0.15) is 10.4 Å². The van der Waals surface area contributed by atoms with Gasteiger partial charge in [-0.25, -0.2) is 0 Å². The molecule has 1 aliphatic rings. The van der Waals surface area contributed by atoms with Gasteiger partial charge in [0.25, 0.3) is 0 Å². The third-order valence-electron chi connectivity index (χ3n) is 2.55.